The van der Waals surface area contributed by atoms with Crippen LogP contribution in [-0.4, -0.2) is 35.9 Å². The molecule has 0 saturated carbocycles. The van der Waals surface area contributed by atoms with Crippen molar-refractivity contribution in [3.05, 3.63) is 112 Å². The summed E-state index contributed by atoms with van der Waals surface area (Å²) in [6.07, 6.45) is 1.55. The number of rotatable bonds is 9. The highest BCUT2D eigenvalue weighted by Crippen LogP contribution is 2.31. The number of aromatic nitrogens is 1. The molecule has 204 valence electrons. The van der Waals surface area contributed by atoms with Crippen molar-refractivity contribution in [2.24, 2.45) is 5.10 Å². The highest BCUT2D eigenvalue weighted by Gasteiger charge is 2.28. The quantitative estimate of drug-likeness (QED) is 0.140. The predicted molar refractivity (Wildman–Crippen MR) is 159 cm³/mol. The van der Waals surface area contributed by atoms with E-state index in [1.165, 1.54) is 52.0 Å². The number of thiophene rings is 1. The summed E-state index contributed by atoms with van der Waals surface area (Å²) in [5, 5.41) is 7.71. The Hall–Kier alpha value is -3.77. The number of thiazole rings is 1. The Morgan fingerprint density at radius 3 is 2.45 bits per heavy atom. The summed E-state index contributed by atoms with van der Waals surface area (Å²) in [5.74, 6) is -0.900. The summed E-state index contributed by atoms with van der Waals surface area (Å²) in [6, 6.07) is 22.9. The maximum absolute atomic E-state index is 13.8. The molecule has 0 N–H and O–H groups in total. The maximum atomic E-state index is 13.8. The maximum Gasteiger partial charge on any atom is 0.280 e. The topological polar surface area (TPSA) is 82.9 Å². The van der Waals surface area contributed by atoms with Crippen LogP contribution < -0.4 is 5.01 Å². The molecule has 1 amide bonds. The fourth-order valence-corrected chi connectivity index (χ4v) is 7.13. The standard InChI is InChI=1S/C29H25FN4O3S3/c1-20(2)33(19-21-7-4-3-5-8-21)40(36,37)25-13-10-22(11-14-25)28(35)34(31-18-24-9-6-16-38-24)29-32-26-15-12-23(30)17-27(26)39-29/h3-18,20H,19H2,1-2H3/b31-18+. The smallest absolute Gasteiger partial charge is 0.267 e. The van der Waals surface area contributed by atoms with Crippen LogP contribution in [0.4, 0.5) is 9.52 Å². The van der Waals surface area contributed by atoms with E-state index in [2.05, 4.69) is 10.1 Å². The van der Waals surface area contributed by atoms with Gasteiger partial charge in [-0.25, -0.2) is 17.8 Å². The van der Waals surface area contributed by atoms with Crippen molar-refractivity contribution in [2.45, 2.75) is 31.3 Å². The van der Waals surface area contributed by atoms with Crippen LogP contribution in [0.2, 0.25) is 0 Å². The number of carbonyl (C=O) groups is 1. The number of sulfonamides is 1. The van der Waals surface area contributed by atoms with Crippen LogP contribution >= 0.6 is 22.7 Å². The lowest BCUT2D eigenvalue weighted by molar-refractivity contribution is 0.0987. The molecule has 0 saturated heterocycles. The van der Waals surface area contributed by atoms with Gasteiger partial charge in [0.2, 0.25) is 15.2 Å². The number of hydrogen-bond acceptors (Lipinski definition) is 7. The van der Waals surface area contributed by atoms with Crippen LogP contribution in [0.3, 0.4) is 0 Å². The van der Waals surface area contributed by atoms with Gasteiger partial charge in [-0.3, -0.25) is 4.79 Å². The minimum absolute atomic E-state index is 0.0813. The first kappa shape index (κ1) is 27.8. The van der Waals surface area contributed by atoms with Gasteiger partial charge in [-0.2, -0.15) is 14.4 Å². The minimum atomic E-state index is -3.84. The number of amides is 1. The molecule has 2 aromatic heterocycles. The van der Waals surface area contributed by atoms with Crippen molar-refractivity contribution < 1.29 is 17.6 Å². The van der Waals surface area contributed by atoms with Gasteiger partial charge in [-0.05, 0) is 73.3 Å². The fraction of sp³-hybridized carbons (Fsp3) is 0.138. The zero-order valence-corrected chi connectivity index (χ0v) is 24.1. The van der Waals surface area contributed by atoms with Crippen molar-refractivity contribution in [3.8, 4) is 0 Å². The fourth-order valence-electron chi connectivity index (χ4n) is 3.98. The largest absolute Gasteiger partial charge is 0.280 e. The van der Waals surface area contributed by atoms with E-state index in [9.17, 15) is 17.6 Å². The molecule has 0 bridgehead atoms. The molecule has 2 heterocycles. The van der Waals surface area contributed by atoms with Crippen molar-refractivity contribution in [1.29, 1.82) is 0 Å². The van der Waals surface area contributed by atoms with Crippen LogP contribution in [0, 0.1) is 5.82 Å². The molecule has 5 rings (SSSR count). The summed E-state index contributed by atoms with van der Waals surface area (Å²) < 4.78 is 42.9. The molecule has 0 aliphatic heterocycles. The number of hydrogen-bond donors (Lipinski definition) is 0. The highest BCUT2D eigenvalue weighted by molar-refractivity contribution is 7.89. The third kappa shape index (κ3) is 6.02. The third-order valence-electron chi connectivity index (χ3n) is 6.02. The minimum Gasteiger partial charge on any atom is -0.267 e. The van der Waals surface area contributed by atoms with Gasteiger partial charge in [0.25, 0.3) is 5.91 Å². The average molecular weight is 593 g/mol. The number of nitrogens with zero attached hydrogens (tertiary/aromatic N) is 4. The molecular weight excluding hydrogens is 568 g/mol. The molecule has 0 atom stereocenters. The number of hydrazone groups is 1. The molecule has 0 aliphatic carbocycles. The normalized spacial score (nSPS) is 12.1. The highest BCUT2D eigenvalue weighted by atomic mass is 32.2. The van der Waals surface area contributed by atoms with E-state index < -0.39 is 21.7 Å². The van der Waals surface area contributed by atoms with E-state index in [-0.39, 0.29) is 28.2 Å². The summed E-state index contributed by atoms with van der Waals surface area (Å²) in [5.41, 5.74) is 1.65. The lowest BCUT2D eigenvalue weighted by Gasteiger charge is -2.26. The number of halogens is 1. The summed E-state index contributed by atoms with van der Waals surface area (Å²) >= 11 is 2.60. The van der Waals surface area contributed by atoms with E-state index >= 15 is 0 Å². The van der Waals surface area contributed by atoms with Crippen molar-refractivity contribution in [2.75, 3.05) is 5.01 Å². The Morgan fingerprint density at radius 2 is 1.77 bits per heavy atom. The van der Waals surface area contributed by atoms with Crippen LogP contribution in [0.1, 0.15) is 34.6 Å². The molecular formula is C29H25FN4O3S3. The summed E-state index contributed by atoms with van der Waals surface area (Å²) in [7, 11) is -3.84. The predicted octanol–water partition coefficient (Wildman–Crippen LogP) is 6.78. The Kier molecular flexibility index (Phi) is 8.17. The van der Waals surface area contributed by atoms with E-state index in [0.29, 0.717) is 10.2 Å². The molecule has 40 heavy (non-hydrogen) atoms. The summed E-state index contributed by atoms with van der Waals surface area (Å²) in [6.45, 7) is 3.88. The zero-order valence-electron chi connectivity index (χ0n) is 21.6. The Labute approximate surface area is 239 Å². The number of carbonyl (C=O) groups excluding carboxylic acids is 1. The third-order valence-corrected chi connectivity index (χ3v) is 9.86. The van der Waals surface area contributed by atoms with E-state index in [1.54, 1.807) is 12.3 Å². The van der Waals surface area contributed by atoms with Gasteiger partial charge < -0.3 is 0 Å². The van der Waals surface area contributed by atoms with Gasteiger partial charge in [-0.15, -0.1) is 11.3 Å². The first-order chi connectivity index (χ1) is 19.2. The Morgan fingerprint density at radius 1 is 1.02 bits per heavy atom. The van der Waals surface area contributed by atoms with E-state index in [4.69, 9.17) is 0 Å². The molecule has 7 nitrogen and oxygen atoms in total. The number of fused-ring (bicyclic) bond motifs is 1. The second-order valence-corrected chi connectivity index (χ2v) is 13.0. The van der Waals surface area contributed by atoms with Crippen LogP contribution in [0.5, 0.6) is 0 Å². The van der Waals surface area contributed by atoms with E-state index in [0.717, 1.165) is 26.8 Å². The van der Waals surface area contributed by atoms with E-state index in [1.807, 2.05) is 61.7 Å². The zero-order chi connectivity index (χ0) is 28.3. The van der Waals surface area contributed by atoms with Crippen LogP contribution in [0.25, 0.3) is 10.2 Å². The van der Waals surface area contributed by atoms with Gasteiger partial charge in [-0.1, -0.05) is 47.7 Å². The first-order valence-electron chi connectivity index (χ1n) is 12.4. The SMILES string of the molecule is CC(C)N(Cc1ccccc1)S(=O)(=O)c1ccc(C(=O)N(/N=C/c2cccs2)c2nc3ccc(F)cc3s2)cc1. The number of anilines is 1. The molecule has 0 fully saturated rings. The molecule has 11 heteroatoms. The van der Waals surface area contributed by atoms with Crippen LogP contribution in [-0.2, 0) is 16.6 Å². The molecule has 0 aliphatic rings. The number of benzene rings is 3. The summed E-state index contributed by atoms with van der Waals surface area (Å²) in [4.78, 5) is 19.0. The van der Waals surface area contributed by atoms with Gasteiger partial charge in [0, 0.05) is 23.0 Å². The van der Waals surface area contributed by atoms with Gasteiger partial charge in [0.1, 0.15) is 5.82 Å². The van der Waals surface area contributed by atoms with Crippen molar-refractivity contribution in [1.82, 2.24) is 9.29 Å². The average Bonchev–Trinajstić information content (AvgIpc) is 3.62. The lowest BCUT2D eigenvalue weighted by atomic mass is 10.2. The van der Waals surface area contributed by atoms with Crippen molar-refractivity contribution >= 4 is 60.2 Å². The monoisotopic (exact) mass is 592 g/mol. The van der Waals surface area contributed by atoms with Gasteiger partial charge in [0.15, 0.2) is 0 Å². The Bertz CT molecular complexity index is 1750. The molecule has 0 radical (unpaired) electrons. The second kappa shape index (κ2) is 11.8. The molecule has 0 unspecified atom stereocenters. The van der Waals surface area contributed by atoms with Crippen LogP contribution in [0.15, 0.2) is 100 Å². The van der Waals surface area contributed by atoms with Crippen molar-refractivity contribution in [3.63, 3.8) is 0 Å². The lowest BCUT2D eigenvalue weighted by Crippen LogP contribution is -2.36. The van der Waals surface area contributed by atoms with Gasteiger partial charge in [0.05, 0.1) is 21.3 Å². The molecule has 5 aromatic rings. The molecule has 3 aromatic carbocycles. The second-order valence-electron chi connectivity index (χ2n) is 9.14. The van der Waals surface area contributed by atoms with Gasteiger partial charge >= 0.3 is 0 Å². The Balaban J connectivity index is 1.45. The molecule has 0 spiro atoms. The first-order valence-corrected chi connectivity index (χ1v) is 15.5.